The summed E-state index contributed by atoms with van der Waals surface area (Å²) in [4.78, 5) is 3.04. The van der Waals surface area contributed by atoms with Crippen molar-refractivity contribution >= 4 is 21.5 Å². The zero-order valence-corrected chi connectivity index (χ0v) is 11.0. The van der Waals surface area contributed by atoms with E-state index in [0.717, 1.165) is 0 Å². The first-order chi connectivity index (χ1) is 7.77. The second-order valence-electron chi connectivity index (χ2n) is 4.76. The average Bonchev–Trinajstić information content (AvgIpc) is 2.58. The van der Waals surface area contributed by atoms with Crippen molar-refractivity contribution in [2.45, 2.75) is 29.8 Å². The highest BCUT2D eigenvalue weighted by Gasteiger charge is 2.40. The van der Waals surface area contributed by atoms with Gasteiger partial charge < -0.3 is 0 Å². The van der Waals surface area contributed by atoms with Gasteiger partial charge >= 0.3 is 0 Å². The van der Waals surface area contributed by atoms with Gasteiger partial charge in [0.1, 0.15) is 0 Å². The van der Waals surface area contributed by atoms with Crippen molar-refractivity contribution in [1.82, 2.24) is 4.90 Å². The molecule has 1 saturated heterocycles. The molecule has 1 aromatic carbocycles. The fraction of sp³-hybridized carbons (Fsp3) is 0.429. The normalized spacial score (nSPS) is 33.9. The van der Waals surface area contributed by atoms with Crippen molar-refractivity contribution in [3.8, 4) is 0 Å². The quantitative estimate of drug-likeness (QED) is 0.712. The van der Waals surface area contributed by atoms with Crippen molar-refractivity contribution in [2.24, 2.45) is 0 Å². The SMILES string of the molecule is CN1C2CCC1C(Br)C=C2c1ccccc1. The molecule has 0 radical (unpaired) electrons. The molecule has 0 aliphatic carbocycles. The maximum absolute atomic E-state index is 3.80. The molecular formula is C14H16BrN. The number of rotatable bonds is 1. The number of hydrogen-bond acceptors (Lipinski definition) is 1. The number of likely N-dealkylation sites (N-methyl/N-ethyl adjacent to an activating group) is 1. The molecule has 0 aromatic heterocycles. The van der Waals surface area contributed by atoms with E-state index in [2.05, 4.69) is 64.3 Å². The summed E-state index contributed by atoms with van der Waals surface area (Å²) >= 11 is 3.80. The molecule has 1 fully saturated rings. The van der Waals surface area contributed by atoms with E-state index >= 15 is 0 Å². The summed E-state index contributed by atoms with van der Waals surface area (Å²) in [6.07, 6.45) is 5.02. The summed E-state index contributed by atoms with van der Waals surface area (Å²) in [5.74, 6) is 0. The number of hydrogen-bond donors (Lipinski definition) is 0. The van der Waals surface area contributed by atoms with Crippen molar-refractivity contribution < 1.29 is 0 Å². The van der Waals surface area contributed by atoms with Crippen LogP contribution in [0.5, 0.6) is 0 Å². The van der Waals surface area contributed by atoms with Crippen LogP contribution in [0.1, 0.15) is 18.4 Å². The molecular weight excluding hydrogens is 262 g/mol. The van der Waals surface area contributed by atoms with Gasteiger partial charge in [0.05, 0.1) is 0 Å². The van der Waals surface area contributed by atoms with E-state index in [1.165, 1.54) is 24.0 Å². The number of alkyl halides is 1. The molecule has 1 aromatic rings. The number of benzene rings is 1. The Morgan fingerprint density at radius 2 is 1.94 bits per heavy atom. The molecule has 0 saturated carbocycles. The van der Waals surface area contributed by atoms with Crippen LogP contribution in [-0.4, -0.2) is 28.9 Å². The standard InChI is InChI=1S/C14H16BrN/c1-16-13-7-8-14(16)12(15)9-11(13)10-5-3-2-4-6-10/h2-6,9,12-14H,7-8H2,1H3. The van der Waals surface area contributed by atoms with Crippen LogP contribution in [-0.2, 0) is 0 Å². The van der Waals surface area contributed by atoms with Crippen LogP contribution in [0.4, 0.5) is 0 Å². The Labute approximate surface area is 105 Å². The van der Waals surface area contributed by atoms with E-state index in [9.17, 15) is 0 Å². The smallest absolute Gasteiger partial charge is 0.0487 e. The lowest BCUT2D eigenvalue weighted by molar-refractivity contribution is 0.274. The number of halogens is 1. The van der Waals surface area contributed by atoms with E-state index in [0.29, 0.717) is 16.9 Å². The molecule has 3 unspecified atom stereocenters. The molecule has 0 amide bonds. The first-order valence-electron chi connectivity index (χ1n) is 5.90. The Morgan fingerprint density at radius 1 is 1.19 bits per heavy atom. The van der Waals surface area contributed by atoms with Crippen LogP contribution in [0.15, 0.2) is 36.4 Å². The average molecular weight is 278 g/mol. The van der Waals surface area contributed by atoms with Crippen LogP contribution in [0.25, 0.3) is 5.57 Å². The maximum Gasteiger partial charge on any atom is 0.0487 e. The monoisotopic (exact) mass is 277 g/mol. The zero-order valence-electron chi connectivity index (χ0n) is 9.44. The Morgan fingerprint density at radius 3 is 2.69 bits per heavy atom. The van der Waals surface area contributed by atoms with Crippen molar-refractivity contribution in [3.63, 3.8) is 0 Å². The van der Waals surface area contributed by atoms with E-state index in [4.69, 9.17) is 0 Å². The second-order valence-corrected chi connectivity index (χ2v) is 5.82. The predicted octanol–water partition coefficient (Wildman–Crippen LogP) is 3.31. The largest absolute Gasteiger partial charge is 0.295 e. The summed E-state index contributed by atoms with van der Waals surface area (Å²) in [6, 6.07) is 12.1. The van der Waals surface area contributed by atoms with E-state index in [-0.39, 0.29) is 0 Å². The first-order valence-corrected chi connectivity index (χ1v) is 6.82. The molecule has 2 aliphatic rings. The molecule has 3 rings (SSSR count). The third kappa shape index (κ3) is 1.56. The predicted molar refractivity (Wildman–Crippen MR) is 71.7 cm³/mol. The van der Waals surface area contributed by atoms with Gasteiger partial charge in [0.2, 0.25) is 0 Å². The van der Waals surface area contributed by atoms with Crippen molar-refractivity contribution in [3.05, 3.63) is 42.0 Å². The summed E-state index contributed by atoms with van der Waals surface area (Å²) in [7, 11) is 2.26. The Hall–Kier alpha value is -0.600. The highest BCUT2D eigenvalue weighted by atomic mass is 79.9. The Kier molecular flexibility index (Phi) is 2.64. The molecule has 0 N–H and O–H groups in total. The molecule has 3 atom stereocenters. The summed E-state index contributed by atoms with van der Waals surface area (Å²) in [5.41, 5.74) is 2.88. The zero-order chi connectivity index (χ0) is 11.1. The Balaban J connectivity index is 2.02. The van der Waals surface area contributed by atoms with Crippen LogP contribution in [0.2, 0.25) is 0 Å². The fourth-order valence-electron chi connectivity index (χ4n) is 3.04. The summed E-state index contributed by atoms with van der Waals surface area (Å²) in [6.45, 7) is 0. The fourth-order valence-corrected chi connectivity index (χ4v) is 3.96. The minimum absolute atomic E-state index is 0.506. The second kappa shape index (κ2) is 4.01. The minimum atomic E-state index is 0.506. The number of nitrogens with zero attached hydrogens (tertiary/aromatic N) is 1. The molecule has 2 heterocycles. The minimum Gasteiger partial charge on any atom is -0.295 e. The van der Waals surface area contributed by atoms with E-state index < -0.39 is 0 Å². The summed E-state index contributed by atoms with van der Waals surface area (Å²) in [5, 5.41) is 0. The molecule has 84 valence electrons. The highest BCUT2D eigenvalue weighted by molar-refractivity contribution is 9.09. The lowest BCUT2D eigenvalue weighted by Gasteiger charge is -2.34. The van der Waals surface area contributed by atoms with Gasteiger partial charge in [-0.25, -0.2) is 0 Å². The van der Waals surface area contributed by atoms with Crippen molar-refractivity contribution in [1.29, 1.82) is 0 Å². The number of fused-ring (bicyclic) bond motifs is 2. The van der Waals surface area contributed by atoms with E-state index in [1.54, 1.807) is 0 Å². The molecule has 2 heteroatoms. The topological polar surface area (TPSA) is 3.24 Å². The van der Waals surface area contributed by atoms with Gasteiger partial charge in [-0.05, 0) is 31.0 Å². The lowest BCUT2D eigenvalue weighted by Crippen LogP contribution is -2.41. The third-order valence-electron chi connectivity index (χ3n) is 3.92. The van der Waals surface area contributed by atoms with Crippen LogP contribution in [0, 0.1) is 0 Å². The molecule has 2 bridgehead atoms. The first kappa shape index (κ1) is 10.5. The highest BCUT2D eigenvalue weighted by Crippen LogP contribution is 2.41. The molecule has 2 aliphatic heterocycles. The molecule has 1 nitrogen and oxygen atoms in total. The van der Waals surface area contributed by atoms with Gasteiger partial charge in [0, 0.05) is 16.9 Å². The van der Waals surface area contributed by atoms with Crippen LogP contribution < -0.4 is 0 Å². The van der Waals surface area contributed by atoms with E-state index in [1.807, 2.05) is 0 Å². The van der Waals surface area contributed by atoms with Crippen molar-refractivity contribution in [2.75, 3.05) is 7.05 Å². The van der Waals surface area contributed by atoms with Gasteiger partial charge in [-0.1, -0.05) is 52.3 Å². The van der Waals surface area contributed by atoms with Crippen LogP contribution >= 0.6 is 15.9 Å². The van der Waals surface area contributed by atoms with Gasteiger partial charge in [0.15, 0.2) is 0 Å². The van der Waals surface area contributed by atoms with Gasteiger partial charge in [-0.2, -0.15) is 0 Å². The molecule has 16 heavy (non-hydrogen) atoms. The van der Waals surface area contributed by atoms with Gasteiger partial charge in [-0.3, -0.25) is 4.90 Å². The maximum atomic E-state index is 3.80. The Bertz CT molecular complexity index is 412. The summed E-state index contributed by atoms with van der Waals surface area (Å²) < 4.78 is 0. The van der Waals surface area contributed by atoms with Gasteiger partial charge in [0.25, 0.3) is 0 Å². The molecule has 0 spiro atoms. The van der Waals surface area contributed by atoms with Gasteiger partial charge in [-0.15, -0.1) is 0 Å². The lowest BCUT2D eigenvalue weighted by atomic mass is 9.95. The van der Waals surface area contributed by atoms with Crippen LogP contribution in [0.3, 0.4) is 0 Å². The third-order valence-corrected chi connectivity index (χ3v) is 4.80.